The predicted octanol–water partition coefficient (Wildman–Crippen LogP) is 2.66. The molecule has 88 valence electrons. The van der Waals surface area contributed by atoms with Crippen molar-refractivity contribution in [2.75, 3.05) is 7.11 Å². The fourth-order valence-corrected chi connectivity index (χ4v) is 1.87. The molecule has 1 aliphatic rings. The molecule has 0 atom stereocenters. The maximum absolute atomic E-state index is 13.8. The summed E-state index contributed by atoms with van der Waals surface area (Å²) in [6, 6.07) is 1.28. The van der Waals surface area contributed by atoms with E-state index in [1.165, 1.54) is 13.2 Å². The summed E-state index contributed by atoms with van der Waals surface area (Å²) in [5.41, 5.74) is 5.84. The van der Waals surface area contributed by atoms with Crippen LogP contribution in [0.2, 0.25) is 5.02 Å². The van der Waals surface area contributed by atoms with Crippen LogP contribution in [0, 0.1) is 11.6 Å². The SMILES string of the molecule is COc1c(F)c(Cl)cc(CC2(N)CC2)c1F. The van der Waals surface area contributed by atoms with Gasteiger partial charge in [0.2, 0.25) is 0 Å². The van der Waals surface area contributed by atoms with Crippen molar-refractivity contribution in [3.8, 4) is 5.75 Å². The minimum atomic E-state index is -0.868. The normalized spacial score (nSPS) is 17.3. The monoisotopic (exact) mass is 247 g/mol. The molecule has 0 aliphatic heterocycles. The van der Waals surface area contributed by atoms with Crippen LogP contribution in [0.25, 0.3) is 0 Å². The van der Waals surface area contributed by atoms with Crippen molar-refractivity contribution in [3.63, 3.8) is 0 Å². The van der Waals surface area contributed by atoms with Crippen molar-refractivity contribution in [3.05, 3.63) is 28.3 Å². The molecule has 1 aromatic carbocycles. The summed E-state index contributed by atoms with van der Waals surface area (Å²) in [5.74, 6) is -2.01. The van der Waals surface area contributed by atoms with Crippen molar-refractivity contribution < 1.29 is 13.5 Å². The molecule has 0 heterocycles. The lowest BCUT2D eigenvalue weighted by atomic mass is 10.0. The van der Waals surface area contributed by atoms with Crippen LogP contribution in [0.3, 0.4) is 0 Å². The highest BCUT2D eigenvalue weighted by Gasteiger charge is 2.39. The second-order valence-corrected chi connectivity index (χ2v) is 4.63. The summed E-state index contributed by atoms with van der Waals surface area (Å²) in [7, 11) is 1.21. The van der Waals surface area contributed by atoms with Gasteiger partial charge in [-0.1, -0.05) is 11.6 Å². The lowest BCUT2D eigenvalue weighted by Gasteiger charge is -2.13. The van der Waals surface area contributed by atoms with Gasteiger partial charge in [-0.3, -0.25) is 0 Å². The second-order valence-electron chi connectivity index (χ2n) is 4.22. The van der Waals surface area contributed by atoms with Gasteiger partial charge in [0.1, 0.15) is 0 Å². The van der Waals surface area contributed by atoms with Crippen LogP contribution in [0.15, 0.2) is 6.07 Å². The van der Waals surface area contributed by atoms with Crippen LogP contribution in [0.4, 0.5) is 8.78 Å². The van der Waals surface area contributed by atoms with E-state index in [0.29, 0.717) is 12.0 Å². The van der Waals surface area contributed by atoms with E-state index in [-0.39, 0.29) is 10.6 Å². The minimum Gasteiger partial charge on any atom is -0.491 e. The van der Waals surface area contributed by atoms with Crippen LogP contribution in [0.1, 0.15) is 18.4 Å². The van der Waals surface area contributed by atoms with Gasteiger partial charge in [-0.05, 0) is 30.9 Å². The van der Waals surface area contributed by atoms with Crippen LogP contribution >= 0.6 is 11.6 Å². The van der Waals surface area contributed by atoms with E-state index < -0.39 is 17.4 Å². The average Bonchev–Trinajstić information content (AvgIpc) is 2.94. The minimum absolute atomic E-state index is 0.141. The number of nitrogens with two attached hydrogens (primary N) is 1. The Morgan fingerprint density at radius 2 is 2.06 bits per heavy atom. The van der Waals surface area contributed by atoms with E-state index in [2.05, 4.69) is 4.74 Å². The van der Waals surface area contributed by atoms with Crippen molar-refractivity contribution in [2.45, 2.75) is 24.8 Å². The second kappa shape index (κ2) is 3.86. The van der Waals surface area contributed by atoms with Gasteiger partial charge < -0.3 is 10.5 Å². The third-order valence-electron chi connectivity index (χ3n) is 2.83. The van der Waals surface area contributed by atoms with E-state index in [0.717, 1.165) is 12.8 Å². The molecule has 0 radical (unpaired) electrons. The van der Waals surface area contributed by atoms with Gasteiger partial charge in [0, 0.05) is 5.54 Å². The summed E-state index contributed by atoms with van der Waals surface area (Å²) >= 11 is 5.66. The van der Waals surface area contributed by atoms with E-state index in [9.17, 15) is 8.78 Å². The number of rotatable bonds is 3. The predicted molar refractivity (Wildman–Crippen MR) is 57.8 cm³/mol. The van der Waals surface area contributed by atoms with Gasteiger partial charge in [-0.15, -0.1) is 0 Å². The van der Waals surface area contributed by atoms with Crippen LogP contribution < -0.4 is 10.5 Å². The highest BCUT2D eigenvalue weighted by molar-refractivity contribution is 6.31. The molecular formula is C11H12ClF2NO. The zero-order valence-electron chi connectivity index (χ0n) is 8.82. The van der Waals surface area contributed by atoms with E-state index >= 15 is 0 Å². The lowest BCUT2D eigenvalue weighted by molar-refractivity contribution is 0.357. The van der Waals surface area contributed by atoms with Gasteiger partial charge in [-0.2, -0.15) is 0 Å². The molecule has 2 nitrogen and oxygen atoms in total. The molecule has 0 bridgehead atoms. The van der Waals surface area contributed by atoms with Crippen LogP contribution in [-0.2, 0) is 6.42 Å². The summed E-state index contributed by atoms with van der Waals surface area (Å²) in [6.07, 6.45) is 2.06. The Morgan fingerprint density at radius 3 is 2.56 bits per heavy atom. The van der Waals surface area contributed by atoms with Gasteiger partial charge >= 0.3 is 0 Å². The third-order valence-corrected chi connectivity index (χ3v) is 3.11. The van der Waals surface area contributed by atoms with Crippen LogP contribution in [-0.4, -0.2) is 12.6 Å². The standard InChI is InChI=1S/C11H12ClF2NO/c1-16-10-8(13)6(4-7(12)9(10)14)5-11(15)2-3-11/h4H,2-3,5,15H2,1H3. The average molecular weight is 248 g/mol. The van der Waals surface area contributed by atoms with Gasteiger partial charge in [0.15, 0.2) is 17.4 Å². The molecule has 0 aromatic heterocycles. The van der Waals surface area contributed by atoms with Crippen molar-refractivity contribution in [2.24, 2.45) is 5.73 Å². The molecule has 1 fully saturated rings. The molecule has 1 aliphatic carbocycles. The first-order valence-corrected chi connectivity index (χ1v) is 5.34. The van der Waals surface area contributed by atoms with Gasteiger partial charge in [0.25, 0.3) is 0 Å². The molecule has 5 heteroatoms. The molecule has 1 aromatic rings. The molecule has 16 heavy (non-hydrogen) atoms. The van der Waals surface area contributed by atoms with Crippen molar-refractivity contribution in [1.29, 1.82) is 0 Å². The summed E-state index contributed by atoms with van der Waals surface area (Å²) in [5, 5.41) is -0.141. The number of hydrogen-bond acceptors (Lipinski definition) is 2. The Hall–Kier alpha value is -0.870. The molecule has 2 rings (SSSR count). The molecule has 2 N–H and O–H groups in total. The lowest BCUT2D eigenvalue weighted by Crippen LogP contribution is -2.25. The zero-order chi connectivity index (χ0) is 11.9. The Balaban J connectivity index is 2.41. The fraction of sp³-hybridized carbons (Fsp3) is 0.455. The van der Waals surface area contributed by atoms with Crippen LogP contribution in [0.5, 0.6) is 5.75 Å². The van der Waals surface area contributed by atoms with Gasteiger partial charge in [0.05, 0.1) is 12.1 Å². The summed E-state index contributed by atoms with van der Waals surface area (Å²) in [6.45, 7) is 0. The Morgan fingerprint density at radius 1 is 1.44 bits per heavy atom. The molecule has 0 saturated heterocycles. The Bertz CT molecular complexity index is 432. The maximum Gasteiger partial charge on any atom is 0.192 e. The third kappa shape index (κ3) is 1.99. The fourth-order valence-electron chi connectivity index (χ4n) is 1.65. The largest absolute Gasteiger partial charge is 0.491 e. The first kappa shape index (κ1) is 11.6. The van der Waals surface area contributed by atoms with E-state index in [1.54, 1.807) is 0 Å². The first-order valence-electron chi connectivity index (χ1n) is 4.96. The summed E-state index contributed by atoms with van der Waals surface area (Å²) in [4.78, 5) is 0. The van der Waals surface area contributed by atoms with E-state index in [4.69, 9.17) is 17.3 Å². The number of ether oxygens (including phenoxy) is 1. The smallest absolute Gasteiger partial charge is 0.192 e. The highest BCUT2D eigenvalue weighted by atomic mass is 35.5. The van der Waals surface area contributed by atoms with Crippen molar-refractivity contribution in [1.82, 2.24) is 0 Å². The number of hydrogen-bond donors (Lipinski definition) is 1. The number of halogens is 3. The molecule has 1 saturated carbocycles. The zero-order valence-corrected chi connectivity index (χ0v) is 9.57. The maximum atomic E-state index is 13.8. The quantitative estimate of drug-likeness (QED) is 0.834. The number of methoxy groups -OCH3 is 1. The molecule has 0 unspecified atom stereocenters. The first-order chi connectivity index (χ1) is 7.47. The van der Waals surface area contributed by atoms with E-state index in [1.807, 2.05) is 0 Å². The Labute approximate surface area is 97.3 Å². The highest BCUT2D eigenvalue weighted by Crippen LogP contribution is 2.39. The van der Waals surface area contributed by atoms with Gasteiger partial charge in [-0.25, -0.2) is 8.78 Å². The van der Waals surface area contributed by atoms with Crippen molar-refractivity contribution >= 4 is 11.6 Å². The number of benzene rings is 1. The molecule has 0 amide bonds. The molecular weight excluding hydrogens is 236 g/mol. The molecule has 0 spiro atoms. The topological polar surface area (TPSA) is 35.2 Å². The summed E-state index contributed by atoms with van der Waals surface area (Å²) < 4.78 is 31.8. The Kier molecular flexibility index (Phi) is 2.80.